The fraction of sp³-hybridized carbons (Fsp3) is 0.667. The Hall–Kier alpha value is -0.700. The van der Waals surface area contributed by atoms with Crippen molar-refractivity contribution in [2.75, 3.05) is 5.73 Å². The number of hydrogen-bond acceptors (Lipinski definition) is 2. The first-order valence-electron chi connectivity index (χ1n) is 4.66. The van der Waals surface area contributed by atoms with Crippen LogP contribution in [-0.4, -0.2) is 9.55 Å². The molecular formula is C9H16ClN3. The third-order valence-electron chi connectivity index (χ3n) is 2.58. The van der Waals surface area contributed by atoms with Gasteiger partial charge in [-0.2, -0.15) is 0 Å². The normalized spacial score (nSPS) is 14.8. The summed E-state index contributed by atoms with van der Waals surface area (Å²) in [5, 5.41) is 0. The lowest BCUT2D eigenvalue weighted by Crippen LogP contribution is -2.08. The number of aryl methyl sites for hydroxylation is 1. The van der Waals surface area contributed by atoms with Gasteiger partial charge in [0.05, 0.1) is 5.69 Å². The van der Waals surface area contributed by atoms with Gasteiger partial charge in [-0.15, -0.1) is 12.4 Å². The van der Waals surface area contributed by atoms with Crippen LogP contribution in [0.15, 0.2) is 0 Å². The van der Waals surface area contributed by atoms with Gasteiger partial charge >= 0.3 is 0 Å². The molecule has 0 atom stereocenters. The summed E-state index contributed by atoms with van der Waals surface area (Å²) in [5.41, 5.74) is 8.40. The van der Waals surface area contributed by atoms with Gasteiger partial charge in [0.15, 0.2) is 0 Å². The Bertz CT molecular complexity index is 293. The summed E-state index contributed by atoms with van der Waals surface area (Å²) in [6.07, 6.45) is 4.84. The molecule has 0 amide bonds. The van der Waals surface area contributed by atoms with E-state index in [1.54, 1.807) is 0 Å². The van der Waals surface area contributed by atoms with Crippen molar-refractivity contribution in [1.82, 2.24) is 9.55 Å². The van der Waals surface area contributed by atoms with E-state index in [4.69, 9.17) is 5.73 Å². The molecule has 1 aromatic rings. The monoisotopic (exact) mass is 201 g/mol. The molecule has 1 heterocycles. The molecular weight excluding hydrogens is 186 g/mol. The third kappa shape index (κ3) is 1.66. The Morgan fingerprint density at radius 2 is 2.08 bits per heavy atom. The van der Waals surface area contributed by atoms with E-state index in [1.165, 1.54) is 24.2 Å². The van der Waals surface area contributed by atoms with Crippen molar-refractivity contribution in [1.29, 1.82) is 0 Å². The lowest BCUT2D eigenvalue weighted by atomic mass is 10.0. The van der Waals surface area contributed by atoms with Crippen LogP contribution < -0.4 is 5.73 Å². The second-order valence-corrected chi connectivity index (χ2v) is 3.31. The molecule has 0 aliphatic heterocycles. The van der Waals surface area contributed by atoms with E-state index in [2.05, 4.69) is 16.5 Å². The van der Waals surface area contributed by atoms with Crippen molar-refractivity contribution >= 4 is 18.4 Å². The van der Waals surface area contributed by atoms with E-state index in [9.17, 15) is 0 Å². The topological polar surface area (TPSA) is 43.8 Å². The van der Waals surface area contributed by atoms with Crippen molar-refractivity contribution in [3.05, 3.63) is 11.4 Å². The second kappa shape index (κ2) is 4.01. The Balaban J connectivity index is 0.000000845. The average molecular weight is 202 g/mol. The highest BCUT2D eigenvalue weighted by atomic mass is 35.5. The maximum atomic E-state index is 5.78. The summed E-state index contributed by atoms with van der Waals surface area (Å²) < 4.78 is 2.13. The second-order valence-electron chi connectivity index (χ2n) is 3.31. The number of nitrogen functional groups attached to an aromatic ring is 1. The zero-order valence-corrected chi connectivity index (χ0v) is 8.73. The zero-order chi connectivity index (χ0) is 8.55. The Morgan fingerprint density at radius 1 is 1.38 bits per heavy atom. The van der Waals surface area contributed by atoms with Crippen LogP contribution >= 0.6 is 12.4 Å². The summed E-state index contributed by atoms with van der Waals surface area (Å²) in [6.45, 7) is 3.07. The molecule has 13 heavy (non-hydrogen) atoms. The maximum absolute atomic E-state index is 5.78. The molecule has 0 saturated heterocycles. The van der Waals surface area contributed by atoms with Crippen molar-refractivity contribution in [3.8, 4) is 0 Å². The van der Waals surface area contributed by atoms with Crippen molar-refractivity contribution in [2.45, 2.75) is 39.2 Å². The first-order chi connectivity index (χ1) is 5.83. The molecule has 1 aliphatic carbocycles. The van der Waals surface area contributed by atoms with Crippen molar-refractivity contribution in [2.24, 2.45) is 0 Å². The molecule has 74 valence electrons. The van der Waals surface area contributed by atoms with Gasteiger partial charge in [0.1, 0.15) is 0 Å². The van der Waals surface area contributed by atoms with Gasteiger partial charge in [-0.1, -0.05) is 0 Å². The highest BCUT2D eigenvalue weighted by Crippen LogP contribution is 2.22. The maximum Gasteiger partial charge on any atom is 0.200 e. The number of hydrogen-bond donors (Lipinski definition) is 1. The predicted octanol–water partition coefficient (Wildman–Crippen LogP) is 1.79. The van der Waals surface area contributed by atoms with Crippen LogP contribution in [0.4, 0.5) is 5.95 Å². The molecule has 0 saturated carbocycles. The van der Waals surface area contributed by atoms with Crippen LogP contribution in [0, 0.1) is 0 Å². The Labute approximate surface area is 84.7 Å². The fourth-order valence-electron chi connectivity index (χ4n) is 1.97. The standard InChI is InChI=1S/C9H15N3.ClH/c1-2-12-8-6-4-3-5-7(8)11-9(12)10;/h2-6H2,1H3,(H2,10,11);1H. The van der Waals surface area contributed by atoms with Crippen molar-refractivity contribution < 1.29 is 0 Å². The van der Waals surface area contributed by atoms with Crippen LogP contribution in [-0.2, 0) is 19.4 Å². The first-order valence-corrected chi connectivity index (χ1v) is 4.66. The number of nitrogens with two attached hydrogens (primary N) is 1. The lowest BCUT2D eigenvalue weighted by Gasteiger charge is -2.12. The van der Waals surface area contributed by atoms with Crippen LogP contribution in [0.2, 0.25) is 0 Å². The zero-order valence-electron chi connectivity index (χ0n) is 7.92. The van der Waals surface area contributed by atoms with Crippen molar-refractivity contribution in [3.63, 3.8) is 0 Å². The van der Waals surface area contributed by atoms with Gasteiger partial charge in [0, 0.05) is 12.2 Å². The van der Waals surface area contributed by atoms with Crippen LogP contribution in [0.1, 0.15) is 31.2 Å². The smallest absolute Gasteiger partial charge is 0.200 e. The average Bonchev–Trinajstić information content (AvgIpc) is 2.40. The summed E-state index contributed by atoms with van der Waals surface area (Å²) in [5.74, 6) is 0.699. The van der Waals surface area contributed by atoms with Gasteiger partial charge in [-0.25, -0.2) is 4.98 Å². The minimum Gasteiger partial charge on any atom is -0.369 e. The van der Waals surface area contributed by atoms with Gasteiger partial charge in [0.25, 0.3) is 0 Å². The van der Waals surface area contributed by atoms with Gasteiger partial charge in [-0.3, -0.25) is 0 Å². The quantitative estimate of drug-likeness (QED) is 0.753. The number of nitrogens with zero attached hydrogens (tertiary/aromatic N) is 2. The highest BCUT2D eigenvalue weighted by Gasteiger charge is 2.16. The molecule has 0 spiro atoms. The summed E-state index contributed by atoms with van der Waals surface area (Å²) >= 11 is 0. The predicted molar refractivity (Wildman–Crippen MR) is 56.2 cm³/mol. The number of rotatable bonds is 1. The van der Waals surface area contributed by atoms with E-state index in [0.717, 1.165) is 19.4 Å². The van der Waals surface area contributed by atoms with Crippen LogP contribution in [0.25, 0.3) is 0 Å². The number of aromatic nitrogens is 2. The largest absolute Gasteiger partial charge is 0.369 e. The fourth-order valence-corrected chi connectivity index (χ4v) is 1.97. The first kappa shape index (κ1) is 10.4. The highest BCUT2D eigenvalue weighted by molar-refractivity contribution is 5.85. The number of anilines is 1. The summed E-state index contributed by atoms with van der Waals surface area (Å²) in [4.78, 5) is 4.36. The van der Waals surface area contributed by atoms with Gasteiger partial charge in [-0.05, 0) is 32.6 Å². The minimum atomic E-state index is 0. The minimum absolute atomic E-state index is 0. The molecule has 0 unspecified atom stereocenters. The number of fused-ring (bicyclic) bond motifs is 1. The summed E-state index contributed by atoms with van der Waals surface area (Å²) in [7, 11) is 0. The van der Waals surface area contributed by atoms with E-state index < -0.39 is 0 Å². The lowest BCUT2D eigenvalue weighted by molar-refractivity contribution is 0.623. The molecule has 0 fully saturated rings. The molecule has 0 aromatic carbocycles. The molecule has 4 heteroatoms. The molecule has 2 rings (SSSR count). The number of halogens is 1. The van der Waals surface area contributed by atoms with E-state index in [0.29, 0.717) is 5.95 Å². The molecule has 1 aromatic heterocycles. The SMILES string of the molecule is CCn1c(N)nc2c1CCCC2.Cl. The van der Waals surface area contributed by atoms with Gasteiger partial charge < -0.3 is 10.3 Å². The van der Waals surface area contributed by atoms with E-state index in [1.807, 2.05) is 0 Å². The molecule has 3 nitrogen and oxygen atoms in total. The van der Waals surface area contributed by atoms with Crippen LogP contribution in [0.5, 0.6) is 0 Å². The van der Waals surface area contributed by atoms with E-state index >= 15 is 0 Å². The molecule has 1 aliphatic rings. The van der Waals surface area contributed by atoms with Crippen LogP contribution in [0.3, 0.4) is 0 Å². The van der Waals surface area contributed by atoms with E-state index in [-0.39, 0.29) is 12.4 Å². The molecule has 0 bridgehead atoms. The van der Waals surface area contributed by atoms with Gasteiger partial charge in [0.2, 0.25) is 5.95 Å². The Kier molecular flexibility index (Phi) is 3.20. The number of imidazole rings is 1. The third-order valence-corrected chi connectivity index (χ3v) is 2.58. The Morgan fingerprint density at radius 3 is 2.77 bits per heavy atom. The summed E-state index contributed by atoms with van der Waals surface area (Å²) in [6, 6.07) is 0. The molecule has 2 N–H and O–H groups in total. The molecule has 0 radical (unpaired) electrons.